The summed E-state index contributed by atoms with van der Waals surface area (Å²) in [6.07, 6.45) is 20.8. The Kier molecular flexibility index (Phi) is 17.4. The van der Waals surface area contributed by atoms with E-state index < -0.39 is 0 Å². The molecule has 0 aliphatic rings. The molecule has 0 saturated carbocycles. The lowest BCUT2D eigenvalue weighted by molar-refractivity contribution is -0.147. The zero-order valence-corrected chi connectivity index (χ0v) is 18.0. The highest BCUT2D eigenvalue weighted by atomic mass is 16.5. The molecular formula is C23H46O3. The van der Waals surface area contributed by atoms with Crippen molar-refractivity contribution in [2.75, 3.05) is 13.2 Å². The molecule has 156 valence electrons. The van der Waals surface area contributed by atoms with E-state index in [1.165, 1.54) is 89.9 Å². The first kappa shape index (κ1) is 25.4. The maximum absolute atomic E-state index is 11.6. The first-order chi connectivity index (χ1) is 12.5. The van der Waals surface area contributed by atoms with E-state index in [4.69, 9.17) is 9.84 Å². The molecule has 1 N–H and O–H groups in total. The van der Waals surface area contributed by atoms with E-state index in [0.717, 1.165) is 6.42 Å². The van der Waals surface area contributed by atoms with E-state index in [9.17, 15) is 4.79 Å². The molecule has 0 aromatic heterocycles. The van der Waals surface area contributed by atoms with Crippen LogP contribution in [0.15, 0.2) is 0 Å². The molecule has 3 heteroatoms. The fraction of sp³-hybridized carbons (Fsp3) is 0.957. The fourth-order valence-electron chi connectivity index (χ4n) is 3.49. The van der Waals surface area contributed by atoms with Crippen LogP contribution < -0.4 is 0 Å². The number of ether oxygens (including phenoxy) is 1. The molecule has 3 nitrogen and oxygen atoms in total. The van der Waals surface area contributed by atoms with Crippen molar-refractivity contribution >= 4 is 5.97 Å². The van der Waals surface area contributed by atoms with E-state index >= 15 is 0 Å². The van der Waals surface area contributed by atoms with Crippen LogP contribution in [0.4, 0.5) is 0 Å². The minimum Gasteiger partial charge on any atom is -0.463 e. The molecule has 0 rings (SSSR count). The molecule has 0 unspecified atom stereocenters. The van der Waals surface area contributed by atoms with Crippen LogP contribution in [0.2, 0.25) is 0 Å². The zero-order chi connectivity index (χ0) is 19.5. The van der Waals surface area contributed by atoms with Gasteiger partial charge in [-0.2, -0.15) is 0 Å². The third-order valence-electron chi connectivity index (χ3n) is 5.18. The van der Waals surface area contributed by atoms with E-state index in [1.54, 1.807) is 0 Å². The number of unbranched alkanes of at least 4 members (excludes halogenated alkanes) is 13. The summed E-state index contributed by atoms with van der Waals surface area (Å²) in [6, 6.07) is 0. The zero-order valence-electron chi connectivity index (χ0n) is 18.0. The lowest BCUT2D eigenvalue weighted by Gasteiger charge is -2.23. The summed E-state index contributed by atoms with van der Waals surface area (Å²) in [5.41, 5.74) is 0.00364. The van der Waals surface area contributed by atoms with E-state index in [-0.39, 0.29) is 24.6 Å². The van der Waals surface area contributed by atoms with Gasteiger partial charge in [-0.25, -0.2) is 0 Å². The van der Waals surface area contributed by atoms with Crippen molar-refractivity contribution in [2.24, 2.45) is 5.41 Å². The van der Waals surface area contributed by atoms with Crippen LogP contribution in [0.25, 0.3) is 0 Å². The van der Waals surface area contributed by atoms with Crippen molar-refractivity contribution in [3.05, 3.63) is 0 Å². The van der Waals surface area contributed by atoms with Crippen LogP contribution in [0, 0.1) is 5.41 Å². The number of hydrogen-bond donors (Lipinski definition) is 1. The Balaban J connectivity index is 3.35. The second kappa shape index (κ2) is 17.8. The lowest BCUT2D eigenvalue weighted by atomic mass is 9.83. The Morgan fingerprint density at radius 3 is 1.62 bits per heavy atom. The topological polar surface area (TPSA) is 46.5 Å². The van der Waals surface area contributed by atoms with Crippen molar-refractivity contribution in [1.82, 2.24) is 0 Å². The monoisotopic (exact) mass is 370 g/mol. The predicted molar refractivity (Wildman–Crippen MR) is 111 cm³/mol. The molecule has 0 spiro atoms. The number of rotatable bonds is 19. The molecule has 0 fully saturated rings. The molecule has 0 aromatic carbocycles. The molecule has 0 aromatic rings. The minimum absolute atomic E-state index is 0.00364. The number of carbonyl (C=O) groups excluding carboxylic acids is 1. The summed E-state index contributed by atoms with van der Waals surface area (Å²) < 4.78 is 4.96. The van der Waals surface area contributed by atoms with Gasteiger partial charge in [0.2, 0.25) is 0 Å². The van der Waals surface area contributed by atoms with Crippen molar-refractivity contribution in [2.45, 2.75) is 124 Å². The number of carbonyl (C=O) groups is 1. The molecule has 0 heterocycles. The Labute approximate surface area is 163 Å². The number of aliphatic hydroxyl groups is 1. The predicted octanol–water partition coefficient (Wildman–Crippen LogP) is 6.81. The molecule has 26 heavy (non-hydrogen) atoms. The van der Waals surface area contributed by atoms with E-state index in [1.807, 2.05) is 0 Å². The van der Waals surface area contributed by atoms with Gasteiger partial charge in [0.15, 0.2) is 0 Å². The highest BCUT2D eigenvalue weighted by Crippen LogP contribution is 2.28. The van der Waals surface area contributed by atoms with E-state index in [2.05, 4.69) is 20.8 Å². The minimum atomic E-state index is -0.186. The van der Waals surface area contributed by atoms with Crippen molar-refractivity contribution in [3.8, 4) is 0 Å². The third kappa shape index (κ3) is 18.2. The average Bonchev–Trinajstić information content (AvgIpc) is 2.59. The molecule has 0 radical (unpaired) electrons. The van der Waals surface area contributed by atoms with Gasteiger partial charge in [0, 0.05) is 0 Å². The molecular weight excluding hydrogens is 324 g/mol. The summed E-state index contributed by atoms with van der Waals surface area (Å²) in [5, 5.41) is 8.68. The Morgan fingerprint density at radius 1 is 0.769 bits per heavy atom. The van der Waals surface area contributed by atoms with Gasteiger partial charge in [0.1, 0.15) is 6.61 Å². The SMILES string of the molecule is CCCCCCCCCCCCCCCCC(C)(C)CC(=O)OCCO. The average molecular weight is 371 g/mol. The van der Waals surface area contributed by atoms with Crippen LogP contribution in [-0.2, 0) is 9.53 Å². The Morgan fingerprint density at radius 2 is 1.19 bits per heavy atom. The van der Waals surface area contributed by atoms with Crippen molar-refractivity contribution in [1.29, 1.82) is 0 Å². The van der Waals surface area contributed by atoms with Crippen molar-refractivity contribution in [3.63, 3.8) is 0 Å². The summed E-state index contributed by atoms with van der Waals surface area (Å²) in [5.74, 6) is -0.186. The quantitative estimate of drug-likeness (QED) is 0.201. The first-order valence-electron chi connectivity index (χ1n) is 11.3. The summed E-state index contributed by atoms with van der Waals surface area (Å²) in [6.45, 7) is 6.57. The molecule has 0 amide bonds. The Bertz CT molecular complexity index is 313. The van der Waals surface area contributed by atoms with Crippen LogP contribution in [0.3, 0.4) is 0 Å². The van der Waals surface area contributed by atoms with E-state index in [0.29, 0.717) is 6.42 Å². The van der Waals surface area contributed by atoms with Gasteiger partial charge in [-0.3, -0.25) is 4.79 Å². The normalized spacial score (nSPS) is 11.7. The van der Waals surface area contributed by atoms with Crippen LogP contribution in [0.5, 0.6) is 0 Å². The standard InChI is InChI=1S/C23H46O3/c1-4-5-6-7-8-9-10-11-12-13-14-15-16-17-18-23(2,3)21-22(25)26-20-19-24/h24H,4-21H2,1-3H3. The number of hydrogen-bond acceptors (Lipinski definition) is 3. The maximum atomic E-state index is 11.6. The Hall–Kier alpha value is -0.570. The fourth-order valence-corrected chi connectivity index (χ4v) is 3.49. The molecule has 0 aliphatic heterocycles. The molecule has 0 saturated heterocycles. The van der Waals surface area contributed by atoms with Crippen LogP contribution in [-0.4, -0.2) is 24.3 Å². The summed E-state index contributed by atoms with van der Waals surface area (Å²) in [4.78, 5) is 11.6. The van der Waals surface area contributed by atoms with Gasteiger partial charge in [-0.05, 0) is 11.8 Å². The summed E-state index contributed by atoms with van der Waals surface area (Å²) in [7, 11) is 0. The third-order valence-corrected chi connectivity index (χ3v) is 5.18. The maximum Gasteiger partial charge on any atom is 0.306 e. The number of esters is 1. The highest BCUT2D eigenvalue weighted by Gasteiger charge is 2.22. The van der Waals surface area contributed by atoms with Gasteiger partial charge in [-0.1, -0.05) is 111 Å². The smallest absolute Gasteiger partial charge is 0.306 e. The van der Waals surface area contributed by atoms with Crippen LogP contribution in [0.1, 0.15) is 124 Å². The molecule has 0 bridgehead atoms. The second-order valence-corrected chi connectivity index (χ2v) is 8.63. The largest absolute Gasteiger partial charge is 0.463 e. The van der Waals surface area contributed by atoms with Gasteiger partial charge in [0.05, 0.1) is 13.0 Å². The second-order valence-electron chi connectivity index (χ2n) is 8.63. The van der Waals surface area contributed by atoms with Crippen LogP contribution >= 0.6 is 0 Å². The van der Waals surface area contributed by atoms with Gasteiger partial charge >= 0.3 is 5.97 Å². The summed E-state index contributed by atoms with van der Waals surface area (Å²) >= 11 is 0. The van der Waals surface area contributed by atoms with Gasteiger partial charge in [-0.15, -0.1) is 0 Å². The molecule has 0 aliphatic carbocycles. The first-order valence-corrected chi connectivity index (χ1v) is 11.3. The highest BCUT2D eigenvalue weighted by molar-refractivity contribution is 5.70. The lowest BCUT2D eigenvalue weighted by Crippen LogP contribution is -2.20. The molecule has 0 atom stereocenters. The number of aliphatic hydroxyl groups excluding tert-OH is 1. The van der Waals surface area contributed by atoms with Gasteiger partial charge in [0.25, 0.3) is 0 Å². The van der Waals surface area contributed by atoms with Crippen molar-refractivity contribution < 1.29 is 14.6 Å². The van der Waals surface area contributed by atoms with Gasteiger partial charge < -0.3 is 9.84 Å².